The van der Waals surface area contributed by atoms with E-state index in [9.17, 15) is 14.4 Å². The van der Waals surface area contributed by atoms with Crippen molar-refractivity contribution in [2.75, 3.05) is 11.9 Å². The molecule has 1 saturated heterocycles. The van der Waals surface area contributed by atoms with Crippen molar-refractivity contribution in [3.8, 4) is 5.75 Å². The second kappa shape index (κ2) is 9.16. The maximum absolute atomic E-state index is 13.0. The van der Waals surface area contributed by atoms with Gasteiger partial charge in [0, 0.05) is 5.69 Å². The lowest BCUT2D eigenvalue weighted by Crippen LogP contribution is -2.42. The van der Waals surface area contributed by atoms with E-state index in [1.54, 1.807) is 43.3 Å². The third kappa shape index (κ3) is 4.87. The number of nitrogens with zero attached hydrogens (tertiary/aromatic N) is 1. The summed E-state index contributed by atoms with van der Waals surface area (Å²) in [5.74, 6) is -0.263. The summed E-state index contributed by atoms with van der Waals surface area (Å²) in [6.45, 7) is 3.65. The van der Waals surface area contributed by atoms with Crippen molar-refractivity contribution in [1.29, 1.82) is 0 Å². The molecule has 7 nitrogen and oxygen atoms in total. The van der Waals surface area contributed by atoms with E-state index in [-0.39, 0.29) is 6.54 Å². The zero-order valence-corrected chi connectivity index (χ0v) is 18.5. The number of hydrogen-bond acceptors (Lipinski definition) is 4. The van der Waals surface area contributed by atoms with E-state index >= 15 is 0 Å². The summed E-state index contributed by atoms with van der Waals surface area (Å²) in [6, 6.07) is 23.5. The molecule has 0 aliphatic carbocycles. The first kappa shape index (κ1) is 22.1. The molecule has 0 spiro atoms. The highest BCUT2D eigenvalue weighted by Gasteiger charge is 2.49. The monoisotopic (exact) mass is 443 g/mol. The van der Waals surface area contributed by atoms with Crippen LogP contribution in [0.5, 0.6) is 5.75 Å². The standard InChI is InChI=1S/C26H25N3O4/c1-18-8-10-20(11-9-18)26(2)24(31)29(25(32)28-26)16-23(30)27-21-12-14-22(15-13-21)33-17-19-6-4-3-5-7-19/h3-15H,16-17H2,1-2H3,(H,27,30)(H,28,32)/t26-/m0/s1. The SMILES string of the molecule is Cc1ccc([C@]2(C)NC(=O)N(CC(=O)Nc3ccc(OCc4ccccc4)cc3)C2=O)cc1. The van der Waals surface area contributed by atoms with Crippen molar-refractivity contribution < 1.29 is 19.1 Å². The summed E-state index contributed by atoms with van der Waals surface area (Å²) >= 11 is 0. The average Bonchev–Trinajstić information content (AvgIpc) is 3.03. The van der Waals surface area contributed by atoms with Gasteiger partial charge in [0.1, 0.15) is 24.4 Å². The molecule has 1 atom stereocenters. The number of benzene rings is 3. The molecule has 3 aromatic rings. The Balaban J connectivity index is 1.35. The first-order valence-electron chi connectivity index (χ1n) is 10.6. The highest BCUT2D eigenvalue weighted by molar-refractivity contribution is 6.10. The van der Waals surface area contributed by atoms with Gasteiger partial charge in [-0.15, -0.1) is 0 Å². The number of ether oxygens (including phenoxy) is 1. The summed E-state index contributed by atoms with van der Waals surface area (Å²) in [7, 11) is 0. The van der Waals surface area contributed by atoms with E-state index in [1.165, 1.54) is 0 Å². The van der Waals surface area contributed by atoms with E-state index in [4.69, 9.17) is 4.74 Å². The summed E-state index contributed by atoms with van der Waals surface area (Å²) in [5.41, 5.74) is 2.11. The zero-order chi connectivity index (χ0) is 23.4. The molecule has 1 fully saturated rings. The minimum atomic E-state index is -1.21. The van der Waals surface area contributed by atoms with E-state index in [0.717, 1.165) is 16.0 Å². The predicted octanol–water partition coefficient (Wildman–Crippen LogP) is 3.98. The van der Waals surface area contributed by atoms with Crippen LogP contribution in [0, 0.1) is 6.92 Å². The smallest absolute Gasteiger partial charge is 0.325 e. The number of hydrogen-bond donors (Lipinski definition) is 2. The molecule has 0 unspecified atom stereocenters. The van der Waals surface area contributed by atoms with Crippen LogP contribution in [0.2, 0.25) is 0 Å². The van der Waals surface area contributed by atoms with Crippen molar-refractivity contribution in [3.05, 3.63) is 95.6 Å². The molecule has 0 bridgehead atoms. The topological polar surface area (TPSA) is 87.7 Å². The second-order valence-corrected chi connectivity index (χ2v) is 8.16. The number of aryl methyl sites for hydroxylation is 1. The molecule has 3 aromatic carbocycles. The molecular weight excluding hydrogens is 418 g/mol. The maximum Gasteiger partial charge on any atom is 0.325 e. The third-order valence-electron chi connectivity index (χ3n) is 5.59. The molecular formula is C26H25N3O4. The summed E-state index contributed by atoms with van der Waals surface area (Å²) in [4.78, 5) is 38.9. The molecule has 33 heavy (non-hydrogen) atoms. The van der Waals surface area contributed by atoms with Gasteiger partial charge in [-0.3, -0.25) is 14.5 Å². The highest BCUT2D eigenvalue weighted by atomic mass is 16.5. The van der Waals surface area contributed by atoms with Gasteiger partial charge in [0.2, 0.25) is 5.91 Å². The van der Waals surface area contributed by atoms with Gasteiger partial charge < -0.3 is 15.4 Å². The molecule has 1 aliphatic heterocycles. The van der Waals surface area contributed by atoms with Crippen molar-refractivity contribution in [1.82, 2.24) is 10.2 Å². The fourth-order valence-electron chi connectivity index (χ4n) is 3.64. The normalized spacial score (nSPS) is 17.6. The van der Waals surface area contributed by atoms with Crippen LogP contribution in [0.4, 0.5) is 10.5 Å². The number of amides is 4. The van der Waals surface area contributed by atoms with Gasteiger partial charge >= 0.3 is 6.03 Å². The number of nitrogens with one attached hydrogen (secondary N) is 2. The van der Waals surface area contributed by atoms with E-state index < -0.39 is 23.4 Å². The number of carbonyl (C=O) groups is 3. The van der Waals surface area contributed by atoms with Crippen LogP contribution in [0.25, 0.3) is 0 Å². The van der Waals surface area contributed by atoms with Crippen molar-refractivity contribution in [2.45, 2.75) is 26.0 Å². The molecule has 1 heterocycles. The first-order valence-corrected chi connectivity index (χ1v) is 10.6. The molecule has 7 heteroatoms. The molecule has 0 radical (unpaired) electrons. The van der Waals surface area contributed by atoms with Crippen molar-refractivity contribution in [3.63, 3.8) is 0 Å². The number of carbonyl (C=O) groups excluding carboxylic acids is 3. The Morgan fingerprint density at radius 2 is 1.64 bits per heavy atom. The Kier molecular flexibility index (Phi) is 6.13. The second-order valence-electron chi connectivity index (χ2n) is 8.16. The predicted molar refractivity (Wildman–Crippen MR) is 125 cm³/mol. The van der Waals surface area contributed by atoms with Crippen LogP contribution in [0.1, 0.15) is 23.6 Å². The Hall–Kier alpha value is -4.13. The van der Waals surface area contributed by atoms with Gasteiger partial charge in [-0.05, 0) is 49.2 Å². The van der Waals surface area contributed by atoms with Crippen LogP contribution in [0.3, 0.4) is 0 Å². The lowest BCUT2D eigenvalue weighted by atomic mass is 9.91. The first-order chi connectivity index (χ1) is 15.8. The van der Waals surface area contributed by atoms with Crippen molar-refractivity contribution in [2.24, 2.45) is 0 Å². The van der Waals surface area contributed by atoms with Gasteiger partial charge in [-0.2, -0.15) is 0 Å². The van der Waals surface area contributed by atoms with Gasteiger partial charge in [0.15, 0.2) is 0 Å². The van der Waals surface area contributed by atoms with Crippen LogP contribution in [-0.2, 0) is 21.7 Å². The Morgan fingerprint density at radius 1 is 0.970 bits per heavy atom. The fraction of sp³-hybridized carbons (Fsp3) is 0.192. The van der Waals surface area contributed by atoms with Gasteiger partial charge in [0.25, 0.3) is 5.91 Å². The lowest BCUT2D eigenvalue weighted by Gasteiger charge is -2.22. The van der Waals surface area contributed by atoms with Gasteiger partial charge in [-0.1, -0.05) is 60.2 Å². The van der Waals surface area contributed by atoms with E-state index in [2.05, 4.69) is 10.6 Å². The fourth-order valence-corrected chi connectivity index (χ4v) is 3.64. The molecule has 4 amide bonds. The molecule has 0 saturated carbocycles. The Morgan fingerprint density at radius 3 is 2.30 bits per heavy atom. The van der Waals surface area contributed by atoms with E-state index in [1.807, 2.05) is 49.4 Å². The highest BCUT2D eigenvalue weighted by Crippen LogP contribution is 2.29. The molecule has 168 valence electrons. The van der Waals surface area contributed by atoms with Crippen molar-refractivity contribution >= 4 is 23.5 Å². The van der Waals surface area contributed by atoms with Crippen LogP contribution in [-0.4, -0.2) is 29.3 Å². The lowest BCUT2D eigenvalue weighted by molar-refractivity contribution is -0.133. The third-order valence-corrected chi connectivity index (χ3v) is 5.59. The van der Waals surface area contributed by atoms with E-state index in [0.29, 0.717) is 23.6 Å². The summed E-state index contributed by atoms with van der Waals surface area (Å²) < 4.78 is 5.74. The van der Waals surface area contributed by atoms with Crippen LogP contribution >= 0.6 is 0 Å². The Bertz CT molecular complexity index is 1160. The molecule has 4 rings (SSSR count). The number of imide groups is 1. The average molecular weight is 444 g/mol. The maximum atomic E-state index is 13.0. The minimum Gasteiger partial charge on any atom is -0.489 e. The molecule has 1 aliphatic rings. The number of rotatable bonds is 7. The minimum absolute atomic E-state index is 0.377. The Labute approximate surface area is 192 Å². The summed E-state index contributed by atoms with van der Waals surface area (Å²) in [6.07, 6.45) is 0. The van der Waals surface area contributed by atoms with Crippen LogP contribution in [0.15, 0.2) is 78.9 Å². The van der Waals surface area contributed by atoms with Crippen LogP contribution < -0.4 is 15.4 Å². The summed E-state index contributed by atoms with van der Waals surface area (Å²) in [5, 5.41) is 5.43. The molecule has 0 aromatic heterocycles. The molecule has 2 N–H and O–H groups in total. The number of urea groups is 1. The zero-order valence-electron chi connectivity index (χ0n) is 18.5. The van der Waals surface area contributed by atoms with Gasteiger partial charge in [-0.25, -0.2) is 4.79 Å². The largest absolute Gasteiger partial charge is 0.489 e. The quantitative estimate of drug-likeness (QED) is 0.541. The van der Waals surface area contributed by atoms with Gasteiger partial charge in [0.05, 0.1) is 0 Å². The number of anilines is 1.